The highest BCUT2D eigenvalue weighted by molar-refractivity contribution is 5.38. The van der Waals surface area contributed by atoms with Crippen LogP contribution in [0.5, 0.6) is 5.75 Å². The third-order valence-corrected chi connectivity index (χ3v) is 5.69. The fourth-order valence-corrected chi connectivity index (χ4v) is 4.18. The summed E-state index contributed by atoms with van der Waals surface area (Å²) in [5.41, 5.74) is 2.68. The Bertz CT molecular complexity index is 593. The highest BCUT2D eigenvalue weighted by atomic mass is 19.1. The Labute approximate surface area is 172 Å². The molecular weight excluding hydrogens is 349 g/mol. The van der Waals surface area contributed by atoms with Crippen molar-refractivity contribution in [3.05, 3.63) is 29.3 Å². The summed E-state index contributed by atoms with van der Waals surface area (Å²) in [5, 5.41) is 9.89. The number of halogens is 1. The maximum atomic E-state index is 12.4. The minimum atomic E-state index is -0.351. The second-order valence-electron chi connectivity index (χ2n) is 8.38. The number of ether oxygens (including phenoxy) is 1. The summed E-state index contributed by atoms with van der Waals surface area (Å²) < 4.78 is 18.2. The van der Waals surface area contributed by atoms with Gasteiger partial charge >= 0.3 is 0 Å². The van der Waals surface area contributed by atoms with Gasteiger partial charge in [-0.1, -0.05) is 53.5 Å². The first-order valence-electron chi connectivity index (χ1n) is 11.2. The average molecular weight is 390 g/mol. The molecule has 0 fully saturated rings. The Kier molecular flexibility index (Phi) is 11.9. The predicted octanol–water partition coefficient (Wildman–Crippen LogP) is 7.47. The molecule has 0 N–H and O–H groups in total. The molecule has 3 heteroatoms. The smallest absolute Gasteiger partial charge is 0.119 e. The molecule has 28 heavy (non-hydrogen) atoms. The van der Waals surface area contributed by atoms with Crippen LogP contribution in [0.15, 0.2) is 18.2 Å². The molecule has 3 unspecified atom stereocenters. The van der Waals surface area contributed by atoms with E-state index in [0.717, 1.165) is 44.3 Å². The van der Waals surface area contributed by atoms with Crippen molar-refractivity contribution in [2.24, 2.45) is 17.8 Å². The van der Waals surface area contributed by atoms with Crippen LogP contribution in [-0.2, 0) is 6.42 Å². The summed E-state index contributed by atoms with van der Waals surface area (Å²) in [6.45, 7) is 11.2. The second-order valence-corrected chi connectivity index (χ2v) is 8.38. The molecule has 0 aliphatic rings. The summed E-state index contributed by atoms with van der Waals surface area (Å²) in [5.74, 6) is 2.34. The fraction of sp³-hybridized carbons (Fsp3) is 0.720. The van der Waals surface area contributed by atoms with E-state index in [1.165, 1.54) is 11.1 Å². The second kappa shape index (κ2) is 13.6. The lowest BCUT2D eigenvalue weighted by molar-refractivity contribution is 0.286. The minimum Gasteiger partial charge on any atom is -0.493 e. The van der Waals surface area contributed by atoms with Gasteiger partial charge in [-0.05, 0) is 66.7 Å². The molecule has 1 aromatic rings. The molecule has 0 saturated carbocycles. The normalized spacial score (nSPS) is 14.5. The van der Waals surface area contributed by atoms with Crippen LogP contribution in [0.1, 0.15) is 90.2 Å². The summed E-state index contributed by atoms with van der Waals surface area (Å²) >= 11 is 0. The van der Waals surface area contributed by atoms with Gasteiger partial charge in [-0.2, -0.15) is 5.26 Å². The number of benzene rings is 1. The maximum absolute atomic E-state index is 12.4. The van der Waals surface area contributed by atoms with E-state index in [-0.39, 0.29) is 12.6 Å². The van der Waals surface area contributed by atoms with Gasteiger partial charge in [-0.25, -0.2) is 0 Å². The van der Waals surface area contributed by atoms with Gasteiger partial charge in [0.05, 0.1) is 19.4 Å². The van der Waals surface area contributed by atoms with E-state index in [2.05, 4.69) is 52.8 Å². The van der Waals surface area contributed by atoms with Gasteiger partial charge in [0.25, 0.3) is 0 Å². The van der Waals surface area contributed by atoms with Crippen LogP contribution in [0.3, 0.4) is 0 Å². The Balaban J connectivity index is 3.08. The third-order valence-electron chi connectivity index (χ3n) is 5.69. The molecule has 0 heterocycles. The van der Waals surface area contributed by atoms with E-state index in [9.17, 15) is 9.65 Å². The highest BCUT2D eigenvalue weighted by Crippen LogP contribution is 2.37. The Morgan fingerprint density at radius 2 is 1.86 bits per heavy atom. The molecule has 0 radical (unpaired) electrons. The largest absolute Gasteiger partial charge is 0.493 e. The molecule has 1 aromatic carbocycles. The van der Waals surface area contributed by atoms with Gasteiger partial charge in [-0.3, -0.25) is 4.39 Å². The third kappa shape index (κ3) is 7.82. The molecular formula is C25H40FNO. The van der Waals surface area contributed by atoms with Crippen molar-refractivity contribution in [3.8, 4) is 11.8 Å². The molecule has 0 aliphatic carbocycles. The molecule has 3 atom stereocenters. The van der Waals surface area contributed by atoms with E-state index in [4.69, 9.17) is 4.74 Å². The molecule has 0 amide bonds. The van der Waals surface area contributed by atoms with Gasteiger partial charge in [0.1, 0.15) is 5.75 Å². The highest BCUT2D eigenvalue weighted by Gasteiger charge is 2.26. The van der Waals surface area contributed by atoms with Crippen LogP contribution in [0.4, 0.5) is 4.39 Å². The zero-order valence-electron chi connectivity index (χ0n) is 18.6. The first-order chi connectivity index (χ1) is 13.5. The van der Waals surface area contributed by atoms with Crippen LogP contribution in [0, 0.1) is 29.1 Å². The van der Waals surface area contributed by atoms with Gasteiger partial charge in [0, 0.05) is 12.3 Å². The van der Waals surface area contributed by atoms with Crippen LogP contribution in [0.25, 0.3) is 0 Å². The van der Waals surface area contributed by atoms with Crippen molar-refractivity contribution in [1.82, 2.24) is 0 Å². The zero-order valence-corrected chi connectivity index (χ0v) is 18.6. The predicted molar refractivity (Wildman–Crippen MR) is 117 cm³/mol. The van der Waals surface area contributed by atoms with Crippen molar-refractivity contribution in [1.29, 1.82) is 5.26 Å². The molecule has 0 saturated heterocycles. The standard InChI is InChI=1S/C25H40FNO/c1-6-10-22-11-12-24(28-14-9-13-26)17-25(22)21(8-3)16-23(18-27)20(7-2)15-19(4)5/h11-12,17,19-21,23H,6-10,13-16H2,1-5H3. The summed E-state index contributed by atoms with van der Waals surface area (Å²) in [4.78, 5) is 0. The molecule has 0 bridgehead atoms. The monoisotopic (exact) mass is 389 g/mol. The molecule has 0 aliphatic heterocycles. The maximum Gasteiger partial charge on any atom is 0.119 e. The number of alkyl halides is 1. The van der Waals surface area contributed by atoms with E-state index in [0.29, 0.717) is 30.8 Å². The van der Waals surface area contributed by atoms with E-state index < -0.39 is 0 Å². The topological polar surface area (TPSA) is 33.0 Å². The fourth-order valence-electron chi connectivity index (χ4n) is 4.18. The van der Waals surface area contributed by atoms with E-state index >= 15 is 0 Å². The van der Waals surface area contributed by atoms with Gasteiger partial charge < -0.3 is 4.74 Å². The van der Waals surface area contributed by atoms with Gasteiger partial charge in [0.15, 0.2) is 0 Å². The van der Waals surface area contributed by atoms with Gasteiger partial charge in [-0.15, -0.1) is 0 Å². The molecule has 0 aromatic heterocycles. The number of aryl methyl sites for hydroxylation is 1. The Morgan fingerprint density at radius 1 is 1.11 bits per heavy atom. The van der Waals surface area contributed by atoms with Gasteiger partial charge in [0.2, 0.25) is 0 Å². The molecule has 0 spiro atoms. The summed E-state index contributed by atoms with van der Waals surface area (Å²) in [6, 6.07) is 8.95. The van der Waals surface area contributed by atoms with Crippen LogP contribution in [0.2, 0.25) is 0 Å². The Hall–Kier alpha value is -1.56. The minimum absolute atomic E-state index is 0.0861. The quantitative estimate of drug-likeness (QED) is 0.309. The number of hydrogen-bond acceptors (Lipinski definition) is 2. The van der Waals surface area contributed by atoms with Crippen LogP contribution in [-0.4, -0.2) is 13.3 Å². The van der Waals surface area contributed by atoms with Crippen LogP contribution < -0.4 is 4.74 Å². The summed E-state index contributed by atoms with van der Waals surface area (Å²) in [7, 11) is 0. The number of hydrogen-bond donors (Lipinski definition) is 0. The number of nitrogens with zero attached hydrogens (tertiary/aromatic N) is 1. The van der Waals surface area contributed by atoms with Crippen molar-refractivity contribution in [2.75, 3.05) is 13.3 Å². The lowest BCUT2D eigenvalue weighted by Gasteiger charge is -2.27. The number of nitriles is 1. The van der Waals surface area contributed by atoms with Crippen molar-refractivity contribution in [3.63, 3.8) is 0 Å². The first kappa shape index (κ1) is 24.5. The molecule has 158 valence electrons. The van der Waals surface area contributed by atoms with Crippen molar-refractivity contribution < 1.29 is 9.13 Å². The van der Waals surface area contributed by atoms with Crippen molar-refractivity contribution >= 4 is 0 Å². The lowest BCUT2D eigenvalue weighted by Crippen LogP contribution is -2.18. The van der Waals surface area contributed by atoms with Crippen molar-refractivity contribution in [2.45, 2.75) is 85.5 Å². The first-order valence-corrected chi connectivity index (χ1v) is 11.2. The molecule has 1 rings (SSSR count). The summed E-state index contributed by atoms with van der Waals surface area (Å²) in [6.07, 6.45) is 6.65. The molecule has 2 nitrogen and oxygen atoms in total. The average Bonchev–Trinajstić information content (AvgIpc) is 2.69. The lowest BCUT2D eigenvalue weighted by atomic mass is 9.76. The van der Waals surface area contributed by atoms with E-state index in [1.807, 2.05) is 6.07 Å². The number of rotatable bonds is 14. The van der Waals surface area contributed by atoms with E-state index in [1.54, 1.807) is 0 Å². The van der Waals surface area contributed by atoms with Crippen LogP contribution >= 0.6 is 0 Å². The Morgan fingerprint density at radius 3 is 2.39 bits per heavy atom. The zero-order chi connectivity index (χ0) is 20.9. The SMILES string of the molecule is CCCc1ccc(OCCCF)cc1C(CC)CC(C#N)C(CC)CC(C)C.